The molecule has 0 bridgehead atoms. The van der Waals surface area contributed by atoms with Gasteiger partial charge in [0, 0.05) is 5.56 Å². The Morgan fingerprint density at radius 2 is 1.57 bits per heavy atom. The molecule has 1 unspecified atom stereocenters. The number of aliphatic hydroxyl groups excluding tert-OH is 1. The highest BCUT2D eigenvalue weighted by atomic mass is 79.9. The maximum absolute atomic E-state index is 13.9. The summed E-state index contributed by atoms with van der Waals surface area (Å²) in [6.45, 7) is 6.26. The van der Waals surface area contributed by atoms with E-state index in [9.17, 15) is 13.9 Å². The van der Waals surface area contributed by atoms with E-state index in [-0.39, 0.29) is 15.5 Å². The van der Waals surface area contributed by atoms with Crippen molar-refractivity contribution in [2.75, 3.05) is 0 Å². The van der Waals surface area contributed by atoms with Gasteiger partial charge in [0.15, 0.2) is 0 Å². The van der Waals surface area contributed by atoms with Crippen LogP contribution >= 0.6 is 15.9 Å². The van der Waals surface area contributed by atoms with Crippen molar-refractivity contribution >= 4 is 15.9 Å². The van der Waals surface area contributed by atoms with E-state index in [4.69, 9.17) is 0 Å². The van der Waals surface area contributed by atoms with E-state index in [2.05, 4.69) is 36.7 Å². The fourth-order valence-corrected chi connectivity index (χ4v) is 2.41. The summed E-state index contributed by atoms with van der Waals surface area (Å²) in [5.74, 6) is -1.24. The lowest BCUT2D eigenvalue weighted by molar-refractivity contribution is 0.214. The monoisotopic (exact) mass is 354 g/mol. The summed E-state index contributed by atoms with van der Waals surface area (Å²) in [5.41, 5.74) is 1.57. The van der Waals surface area contributed by atoms with Crippen LogP contribution in [0.5, 0.6) is 0 Å². The third-order valence-corrected chi connectivity index (χ3v) is 4.03. The third kappa shape index (κ3) is 3.50. The van der Waals surface area contributed by atoms with Gasteiger partial charge in [0.05, 0.1) is 4.47 Å². The Balaban J connectivity index is 2.36. The molecule has 0 aliphatic heterocycles. The number of aliphatic hydroxyl groups is 1. The van der Waals surface area contributed by atoms with Crippen LogP contribution in [0.3, 0.4) is 0 Å². The van der Waals surface area contributed by atoms with E-state index in [0.717, 1.165) is 17.7 Å². The molecule has 0 saturated heterocycles. The first-order valence-electron chi connectivity index (χ1n) is 6.63. The van der Waals surface area contributed by atoms with Crippen LogP contribution in [-0.4, -0.2) is 5.11 Å². The highest BCUT2D eigenvalue weighted by Gasteiger charge is 2.19. The Morgan fingerprint density at radius 1 is 1.00 bits per heavy atom. The van der Waals surface area contributed by atoms with E-state index in [1.807, 2.05) is 12.1 Å². The average molecular weight is 355 g/mol. The second kappa shape index (κ2) is 5.85. The van der Waals surface area contributed by atoms with Gasteiger partial charge in [-0.2, -0.15) is 0 Å². The molecule has 0 aliphatic carbocycles. The zero-order valence-corrected chi connectivity index (χ0v) is 13.7. The lowest BCUT2D eigenvalue weighted by atomic mass is 9.86. The Morgan fingerprint density at radius 3 is 2.10 bits per heavy atom. The van der Waals surface area contributed by atoms with Gasteiger partial charge in [-0.15, -0.1) is 0 Å². The van der Waals surface area contributed by atoms with Crippen molar-refractivity contribution in [3.63, 3.8) is 0 Å². The van der Waals surface area contributed by atoms with Crippen molar-refractivity contribution in [1.82, 2.24) is 0 Å². The normalized spacial score (nSPS) is 13.3. The van der Waals surface area contributed by atoms with Gasteiger partial charge in [0.1, 0.15) is 17.7 Å². The molecule has 0 aliphatic rings. The molecule has 0 spiro atoms. The summed E-state index contributed by atoms with van der Waals surface area (Å²) in [6.07, 6.45) is -1.19. The van der Waals surface area contributed by atoms with Gasteiger partial charge in [0.25, 0.3) is 0 Å². The molecule has 2 aromatic carbocycles. The molecule has 0 aromatic heterocycles. The van der Waals surface area contributed by atoms with Crippen molar-refractivity contribution in [2.24, 2.45) is 0 Å². The predicted octanol–water partition coefficient (Wildman–Crippen LogP) is 5.11. The van der Waals surface area contributed by atoms with Crippen molar-refractivity contribution < 1.29 is 13.9 Å². The van der Waals surface area contributed by atoms with Crippen molar-refractivity contribution in [1.29, 1.82) is 0 Å². The fourth-order valence-electron chi connectivity index (χ4n) is 2.09. The zero-order valence-electron chi connectivity index (χ0n) is 12.1. The molecule has 0 radical (unpaired) electrons. The number of hydrogen-bond donors (Lipinski definition) is 1. The van der Waals surface area contributed by atoms with E-state index < -0.39 is 17.7 Å². The van der Waals surface area contributed by atoms with Crippen LogP contribution in [0.25, 0.3) is 0 Å². The maximum atomic E-state index is 13.9. The van der Waals surface area contributed by atoms with Gasteiger partial charge in [-0.25, -0.2) is 8.78 Å². The van der Waals surface area contributed by atoms with Gasteiger partial charge in [0.2, 0.25) is 0 Å². The Kier molecular flexibility index (Phi) is 4.49. The average Bonchev–Trinajstić information content (AvgIpc) is 2.41. The highest BCUT2D eigenvalue weighted by molar-refractivity contribution is 9.10. The fraction of sp³-hybridized carbons (Fsp3) is 0.294. The number of hydrogen-bond acceptors (Lipinski definition) is 1. The lowest BCUT2D eigenvalue weighted by Crippen LogP contribution is -2.11. The molecule has 2 rings (SSSR count). The molecule has 0 saturated carbocycles. The zero-order chi connectivity index (χ0) is 15.8. The van der Waals surface area contributed by atoms with Crippen LogP contribution in [0.4, 0.5) is 8.78 Å². The van der Waals surface area contributed by atoms with Crippen molar-refractivity contribution in [3.05, 3.63) is 69.2 Å². The SMILES string of the molecule is CC(C)(C)c1ccc(C(O)c2cc(F)c(Br)cc2F)cc1. The second-order valence-electron chi connectivity index (χ2n) is 6.06. The van der Waals surface area contributed by atoms with E-state index in [1.54, 1.807) is 12.1 Å². The first kappa shape index (κ1) is 16.1. The summed E-state index contributed by atoms with van der Waals surface area (Å²) >= 11 is 2.92. The first-order valence-corrected chi connectivity index (χ1v) is 7.42. The maximum Gasteiger partial charge on any atom is 0.137 e. The topological polar surface area (TPSA) is 20.2 Å². The van der Waals surface area contributed by atoms with Crippen LogP contribution in [-0.2, 0) is 5.41 Å². The minimum Gasteiger partial charge on any atom is -0.384 e. The van der Waals surface area contributed by atoms with Crippen LogP contribution in [0.1, 0.15) is 43.6 Å². The minimum absolute atomic E-state index is 0.00154. The van der Waals surface area contributed by atoms with Gasteiger partial charge in [-0.05, 0) is 44.6 Å². The Labute approximate surface area is 131 Å². The van der Waals surface area contributed by atoms with Crippen LogP contribution in [0, 0.1) is 11.6 Å². The molecule has 0 heterocycles. The molecule has 21 heavy (non-hydrogen) atoms. The minimum atomic E-state index is -1.19. The van der Waals surface area contributed by atoms with Crippen molar-refractivity contribution in [3.8, 4) is 0 Å². The van der Waals surface area contributed by atoms with Crippen LogP contribution in [0.2, 0.25) is 0 Å². The molecule has 2 aromatic rings. The summed E-state index contributed by atoms with van der Waals surface area (Å²) in [4.78, 5) is 0. The first-order chi connectivity index (χ1) is 9.70. The summed E-state index contributed by atoms with van der Waals surface area (Å²) < 4.78 is 27.5. The van der Waals surface area contributed by atoms with Gasteiger partial charge in [-0.3, -0.25) is 0 Å². The molecular weight excluding hydrogens is 338 g/mol. The molecule has 0 fully saturated rings. The molecule has 1 N–H and O–H groups in total. The standard InChI is InChI=1S/C17H17BrF2O/c1-17(2,3)11-6-4-10(5-7-11)16(21)12-8-15(20)13(18)9-14(12)19/h4-9,16,21H,1-3H3. The van der Waals surface area contributed by atoms with Crippen LogP contribution in [0.15, 0.2) is 40.9 Å². The molecule has 4 heteroatoms. The van der Waals surface area contributed by atoms with E-state index in [1.165, 1.54) is 0 Å². The van der Waals surface area contributed by atoms with E-state index >= 15 is 0 Å². The number of halogens is 3. The van der Waals surface area contributed by atoms with Crippen LogP contribution < -0.4 is 0 Å². The predicted molar refractivity (Wildman–Crippen MR) is 83.3 cm³/mol. The largest absolute Gasteiger partial charge is 0.384 e. The van der Waals surface area contributed by atoms with Gasteiger partial charge < -0.3 is 5.11 Å². The highest BCUT2D eigenvalue weighted by Crippen LogP contribution is 2.30. The number of benzene rings is 2. The summed E-state index contributed by atoms with van der Waals surface area (Å²) in [6, 6.07) is 9.31. The molecule has 1 atom stereocenters. The smallest absolute Gasteiger partial charge is 0.137 e. The third-order valence-electron chi connectivity index (χ3n) is 3.43. The molecule has 112 valence electrons. The summed E-state index contributed by atoms with van der Waals surface area (Å²) in [7, 11) is 0. The lowest BCUT2D eigenvalue weighted by Gasteiger charge is -2.20. The second-order valence-corrected chi connectivity index (χ2v) is 6.92. The van der Waals surface area contributed by atoms with Gasteiger partial charge in [-0.1, -0.05) is 45.0 Å². The molecular formula is C17H17BrF2O. The quantitative estimate of drug-likeness (QED) is 0.743. The Hall–Kier alpha value is -1.26. The Bertz CT molecular complexity index is 645. The molecule has 1 nitrogen and oxygen atoms in total. The van der Waals surface area contributed by atoms with E-state index in [0.29, 0.717) is 5.56 Å². The van der Waals surface area contributed by atoms with Gasteiger partial charge >= 0.3 is 0 Å². The van der Waals surface area contributed by atoms with Crippen molar-refractivity contribution in [2.45, 2.75) is 32.3 Å². The molecule has 0 amide bonds. The number of rotatable bonds is 2. The summed E-state index contributed by atoms with van der Waals surface area (Å²) in [5, 5.41) is 10.3.